The lowest BCUT2D eigenvalue weighted by Gasteiger charge is -2.32. The fraction of sp³-hybridized carbons (Fsp3) is 0.524. The fourth-order valence-electron chi connectivity index (χ4n) is 3.79. The molecule has 6 nitrogen and oxygen atoms in total. The number of hydrogen-bond acceptors (Lipinski definition) is 4. The molecule has 1 aliphatic heterocycles. The van der Waals surface area contributed by atoms with Gasteiger partial charge in [-0.3, -0.25) is 9.88 Å². The third kappa shape index (κ3) is 4.96. The second-order valence-corrected chi connectivity index (χ2v) is 8.35. The van der Waals surface area contributed by atoms with Crippen LogP contribution < -0.4 is 10.6 Å². The molecule has 2 amide bonds. The Bertz CT molecular complexity index is 787. The standard InChI is InChI=1S/C21H30N4O2/c1-21(2,3)17-13-25(9-10-27-4)14-19(17)24-20(26)23-16-11-15-7-5-6-8-18(15)22-12-16/h5-8,11-12,17,19H,9-10,13-14H2,1-4H3,(H2,23,24,26)/t17-,19-/m1/s1. The Labute approximate surface area is 161 Å². The van der Waals surface area contributed by atoms with Crippen LogP contribution in [0.1, 0.15) is 20.8 Å². The van der Waals surface area contributed by atoms with Crippen molar-refractivity contribution in [3.63, 3.8) is 0 Å². The van der Waals surface area contributed by atoms with Crippen molar-refractivity contribution in [2.24, 2.45) is 11.3 Å². The van der Waals surface area contributed by atoms with Gasteiger partial charge in [0.2, 0.25) is 0 Å². The molecule has 27 heavy (non-hydrogen) atoms. The predicted molar refractivity (Wildman–Crippen MR) is 109 cm³/mol. The number of nitrogens with zero attached hydrogens (tertiary/aromatic N) is 2. The molecule has 1 aromatic carbocycles. The van der Waals surface area contributed by atoms with Crippen molar-refractivity contribution < 1.29 is 9.53 Å². The van der Waals surface area contributed by atoms with Crippen LogP contribution in [-0.4, -0.2) is 55.3 Å². The Morgan fingerprint density at radius 3 is 2.81 bits per heavy atom. The Balaban J connectivity index is 1.65. The van der Waals surface area contributed by atoms with Crippen LogP contribution in [0.3, 0.4) is 0 Å². The highest BCUT2D eigenvalue weighted by molar-refractivity contribution is 5.92. The summed E-state index contributed by atoms with van der Waals surface area (Å²) in [6.45, 7) is 10.1. The number of rotatable bonds is 5. The van der Waals surface area contributed by atoms with Crippen LogP contribution in [0.25, 0.3) is 10.9 Å². The molecule has 1 aromatic heterocycles. The number of pyridine rings is 1. The molecule has 0 radical (unpaired) electrons. The topological polar surface area (TPSA) is 66.5 Å². The van der Waals surface area contributed by atoms with Gasteiger partial charge < -0.3 is 15.4 Å². The van der Waals surface area contributed by atoms with Crippen molar-refractivity contribution in [1.82, 2.24) is 15.2 Å². The summed E-state index contributed by atoms with van der Waals surface area (Å²) in [7, 11) is 1.72. The van der Waals surface area contributed by atoms with Crippen LogP contribution in [0, 0.1) is 11.3 Å². The number of ether oxygens (including phenoxy) is 1. The molecule has 0 unspecified atom stereocenters. The number of para-hydroxylation sites is 1. The summed E-state index contributed by atoms with van der Waals surface area (Å²) in [5.41, 5.74) is 1.73. The summed E-state index contributed by atoms with van der Waals surface area (Å²) in [5, 5.41) is 7.12. The van der Waals surface area contributed by atoms with Gasteiger partial charge in [-0.05, 0) is 23.5 Å². The van der Waals surface area contributed by atoms with Gasteiger partial charge in [-0.15, -0.1) is 0 Å². The molecule has 0 bridgehead atoms. The van der Waals surface area contributed by atoms with Crippen LogP contribution >= 0.6 is 0 Å². The molecule has 0 aliphatic carbocycles. The van der Waals surface area contributed by atoms with Gasteiger partial charge in [0.1, 0.15) is 0 Å². The number of benzene rings is 1. The zero-order valence-corrected chi connectivity index (χ0v) is 16.7. The van der Waals surface area contributed by atoms with E-state index in [-0.39, 0.29) is 17.5 Å². The van der Waals surface area contributed by atoms with Gasteiger partial charge in [0.05, 0.1) is 24.0 Å². The van der Waals surface area contributed by atoms with Gasteiger partial charge in [-0.1, -0.05) is 39.0 Å². The molecule has 0 saturated carbocycles. The van der Waals surface area contributed by atoms with Crippen molar-refractivity contribution in [3.8, 4) is 0 Å². The van der Waals surface area contributed by atoms with Gasteiger partial charge in [0.15, 0.2) is 0 Å². The van der Waals surface area contributed by atoms with E-state index in [4.69, 9.17) is 4.74 Å². The number of nitrogens with one attached hydrogen (secondary N) is 2. The summed E-state index contributed by atoms with van der Waals surface area (Å²) in [6, 6.07) is 9.75. The van der Waals surface area contributed by atoms with Gasteiger partial charge in [0, 0.05) is 38.2 Å². The second-order valence-electron chi connectivity index (χ2n) is 8.35. The largest absolute Gasteiger partial charge is 0.383 e. The number of fused-ring (bicyclic) bond motifs is 1. The Morgan fingerprint density at radius 1 is 1.30 bits per heavy atom. The predicted octanol–water partition coefficient (Wildman–Crippen LogP) is 3.35. The quantitative estimate of drug-likeness (QED) is 0.847. The first-order valence-corrected chi connectivity index (χ1v) is 9.50. The molecule has 2 atom stereocenters. The molecule has 146 valence electrons. The SMILES string of the molecule is COCCN1C[C@@H](C(C)(C)C)[C@H](NC(=O)Nc2cnc3ccccc3c2)C1. The third-order valence-electron chi connectivity index (χ3n) is 5.28. The molecular weight excluding hydrogens is 340 g/mol. The van der Waals surface area contributed by atoms with Crippen molar-refractivity contribution in [1.29, 1.82) is 0 Å². The average molecular weight is 370 g/mol. The lowest BCUT2D eigenvalue weighted by atomic mass is 9.78. The molecule has 6 heteroatoms. The number of aromatic nitrogens is 1. The summed E-state index contributed by atoms with van der Waals surface area (Å²) >= 11 is 0. The minimum absolute atomic E-state index is 0.107. The minimum atomic E-state index is -0.181. The van der Waals surface area contributed by atoms with Crippen LogP contribution in [0.15, 0.2) is 36.5 Å². The molecule has 1 aliphatic rings. The lowest BCUT2D eigenvalue weighted by Crippen LogP contribution is -2.46. The van der Waals surface area contributed by atoms with Crippen molar-refractivity contribution in [2.75, 3.05) is 38.7 Å². The molecule has 1 fully saturated rings. The maximum absolute atomic E-state index is 12.6. The highest BCUT2D eigenvalue weighted by Crippen LogP contribution is 2.34. The molecule has 2 heterocycles. The first-order valence-electron chi connectivity index (χ1n) is 9.50. The van der Waals surface area contributed by atoms with E-state index in [1.165, 1.54) is 0 Å². The number of carbonyl (C=O) groups is 1. The van der Waals surface area contributed by atoms with Crippen LogP contribution in [0.5, 0.6) is 0 Å². The summed E-state index contributed by atoms with van der Waals surface area (Å²) in [5.74, 6) is 0.384. The van der Waals surface area contributed by atoms with Gasteiger partial charge in [-0.25, -0.2) is 4.79 Å². The Morgan fingerprint density at radius 2 is 2.07 bits per heavy atom. The molecule has 2 N–H and O–H groups in total. The normalized spacial score (nSPS) is 20.7. The zero-order chi connectivity index (χ0) is 19.4. The number of anilines is 1. The third-order valence-corrected chi connectivity index (χ3v) is 5.28. The molecule has 0 spiro atoms. The first kappa shape index (κ1) is 19.6. The van der Waals surface area contributed by atoms with E-state index < -0.39 is 0 Å². The Kier molecular flexibility index (Phi) is 5.97. The van der Waals surface area contributed by atoms with Crippen LogP contribution in [0.4, 0.5) is 10.5 Å². The number of likely N-dealkylation sites (tertiary alicyclic amines) is 1. The van der Waals surface area contributed by atoms with E-state index in [0.717, 1.165) is 30.5 Å². The minimum Gasteiger partial charge on any atom is -0.383 e. The van der Waals surface area contributed by atoms with Gasteiger partial charge in [0.25, 0.3) is 0 Å². The Hall–Kier alpha value is -2.18. The number of amides is 2. The molecule has 1 saturated heterocycles. The number of carbonyl (C=O) groups excluding carboxylic acids is 1. The fourth-order valence-corrected chi connectivity index (χ4v) is 3.79. The van der Waals surface area contributed by atoms with E-state index in [9.17, 15) is 4.79 Å². The van der Waals surface area contributed by atoms with Crippen LogP contribution in [0.2, 0.25) is 0 Å². The van der Waals surface area contributed by atoms with Gasteiger partial charge in [-0.2, -0.15) is 0 Å². The number of hydrogen-bond donors (Lipinski definition) is 2. The first-order chi connectivity index (χ1) is 12.9. The van der Waals surface area contributed by atoms with Gasteiger partial charge >= 0.3 is 6.03 Å². The van der Waals surface area contributed by atoms with E-state index in [1.54, 1.807) is 13.3 Å². The maximum atomic E-state index is 12.6. The van der Waals surface area contributed by atoms with E-state index >= 15 is 0 Å². The van der Waals surface area contributed by atoms with E-state index in [0.29, 0.717) is 18.2 Å². The van der Waals surface area contributed by atoms with Crippen molar-refractivity contribution in [2.45, 2.75) is 26.8 Å². The highest BCUT2D eigenvalue weighted by Gasteiger charge is 2.40. The average Bonchev–Trinajstić information content (AvgIpc) is 3.02. The zero-order valence-electron chi connectivity index (χ0n) is 16.7. The van der Waals surface area contributed by atoms with Crippen molar-refractivity contribution in [3.05, 3.63) is 36.5 Å². The molecular formula is C21H30N4O2. The maximum Gasteiger partial charge on any atom is 0.319 e. The lowest BCUT2D eigenvalue weighted by molar-refractivity contribution is 0.151. The number of urea groups is 1. The summed E-state index contributed by atoms with van der Waals surface area (Å²) < 4.78 is 5.21. The summed E-state index contributed by atoms with van der Waals surface area (Å²) in [6.07, 6.45) is 1.70. The summed E-state index contributed by atoms with van der Waals surface area (Å²) in [4.78, 5) is 19.4. The monoisotopic (exact) mass is 370 g/mol. The molecule has 3 rings (SSSR count). The highest BCUT2D eigenvalue weighted by atomic mass is 16.5. The smallest absolute Gasteiger partial charge is 0.319 e. The molecule has 2 aromatic rings. The van der Waals surface area contributed by atoms with Crippen LogP contribution in [-0.2, 0) is 4.74 Å². The van der Waals surface area contributed by atoms with E-state index in [1.807, 2.05) is 30.3 Å². The second kappa shape index (κ2) is 8.23. The van der Waals surface area contributed by atoms with E-state index in [2.05, 4.69) is 41.3 Å². The number of methoxy groups -OCH3 is 1. The van der Waals surface area contributed by atoms with Crippen molar-refractivity contribution >= 4 is 22.6 Å².